The lowest BCUT2D eigenvalue weighted by Gasteiger charge is -2.32. The zero-order chi connectivity index (χ0) is 19.2. The minimum absolute atomic E-state index is 0.0126. The van der Waals surface area contributed by atoms with Gasteiger partial charge in [0.15, 0.2) is 0 Å². The number of nitro benzene ring substituents is 1. The Balaban J connectivity index is 1.57. The van der Waals surface area contributed by atoms with Crippen LogP contribution in [0.3, 0.4) is 0 Å². The predicted molar refractivity (Wildman–Crippen MR) is 104 cm³/mol. The number of carbonyl (C=O) groups excluding carboxylic acids is 1. The Hall–Kier alpha value is -3.09. The molecule has 2 aromatic carbocycles. The number of piperidine rings is 1. The van der Waals surface area contributed by atoms with Crippen molar-refractivity contribution in [3.05, 3.63) is 58.6 Å². The van der Waals surface area contributed by atoms with Crippen molar-refractivity contribution < 1.29 is 14.5 Å². The zero-order valence-corrected chi connectivity index (χ0v) is 15.3. The average Bonchev–Trinajstić information content (AvgIpc) is 2.70. The first kappa shape index (κ1) is 18.7. The number of nitrogens with zero attached hydrogens (tertiary/aromatic N) is 2. The van der Waals surface area contributed by atoms with E-state index in [2.05, 4.69) is 5.32 Å². The fraction of sp³-hybridized carbons (Fsp3) is 0.350. The minimum atomic E-state index is -0.361. The number of para-hydroxylation sites is 2. The van der Waals surface area contributed by atoms with Crippen molar-refractivity contribution in [1.29, 1.82) is 0 Å². The van der Waals surface area contributed by atoms with Crippen LogP contribution in [-0.4, -0.2) is 30.5 Å². The molecule has 1 saturated heterocycles. The molecule has 0 aromatic heterocycles. The quantitative estimate of drug-likeness (QED) is 0.617. The normalized spacial score (nSPS) is 14.6. The Kier molecular flexibility index (Phi) is 5.90. The summed E-state index contributed by atoms with van der Waals surface area (Å²) in [5, 5.41) is 14.2. The van der Waals surface area contributed by atoms with Crippen molar-refractivity contribution in [2.45, 2.75) is 19.8 Å². The SMILES string of the molecule is CCOc1ccc(NC(=O)C2CCN(c3ccccc3[N+](=O)[O-])CC2)cc1. The van der Waals surface area contributed by atoms with Gasteiger partial charge in [-0.25, -0.2) is 0 Å². The molecule has 0 bridgehead atoms. The summed E-state index contributed by atoms with van der Waals surface area (Å²) in [4.78, 5) is 25.4. The third kappa shape index (κ3) is 4.55. The molecular weight excluding hydrogens is 346 g/mol. The van der Waals surface area contributed by atoms with Gasteiger partial charge in [0.25, 0.3) is 5.69 Å². The van der Waals surface area contributed by atoms with Crippen molar-refractivity contribution in [1.82, 2.24) is 0 Å². The lowest BCUT2D eigenvalue weighted by atomic mass is 9.95. The monoisotopic (exact) mass is 369 g/mol. The maximum absolute atomic E-state index is 12.5. The standard InChI is InChI=1S/C20H23N3O4/c1-2-27-17-9-7-16(8-10-17)21-20(24)15-11-13-22(14-12-15)18-5-3-4-6-19(18)23(25)26/h3-10,15H,2,11-14H2,1H3,(H,21,24). The Morgan fingerprint density at radius 3 is 2.48 bits per heavy atom. The number of anilines is 2. The fourth-order valence-electron chi connectivity index (χ4n) is 3.31. The highest BCUT2D eigenvalue weighted by Gasteiger charge is 2.28. The van der Waals surface area contributed by atoms with Gasteiger partial charge in [-0.05, 0) is 50.1 Å². The molecule has 0 radical (unpaired) electrons. The van der Waals surface area contributed by atoms with Gasteiger partial charge in [-0.2, -0.15) is 0 Å². The summed E-state index contributed by atoms with van der Waals surface area (Å²) in [6.45, 7) is 3.76. The molecule has 0 atom stereocenters. The van der Waals surface area contributed by atoms with Gasteiger partial charge >= 0.3 is 0 Å². The molecule has 0 aliphatic carbocycles. The Labute approximate surface area is 158 Å². The van der Waals surface area contributed by atoms with Gasteiger partial charge in [0.05, 0.1) is 11.5 Å². The van der Waals surface area contributed by atoms with Gasteiger partial charge < -0.3 is 15.0 Å². The van der Waals surface area contributed by atoms with E-state index in [9.17, 15) is 14.9 Å². The van der Waals surface area contributed by atoms with Crippen LogP contribution in [-0.2, 0) is 4.79 Å². The molecule has 27 heavy (non-hydrogen) atoms. The Bertz CT molecular complexity index is 799. The first-order chi connectivity index (χ1) is 13.1. The smallest absolute Gasteiger partial charge is 0.292 e. The minimum Gasteiger partial charge on any atom is -0.494 e. The van der Waals surface area contributed by atoms with E-state index in [1.54, 1.807) is 18.2 Å². The molecule has 7 nitrogen and oxygen atoms in total. The fourth-order valence-corrected chi connectivity index (χ4v) is 3.31. The molecule has 1 heterocycles. The zero-order valence-electron chi connectivity index (χ0n) is 15.3. The summed E-state index contributed by atoms with van der Waals surface area (Å²) in [5.74, 6) is 0.658. The number of nitro groups is 1. The second-order valence-electron chi connectivity index (χ2n) is 6.45. The maximum Gasteiger partial charge on any atom is 0.292 e. The summed E-state index contributed by atoms with van der Waals surface area (Å²) >= 11 is 0. The van der Waals surface area contributed by atoms with E-state index in [4.69, 9.17) is 4.74 Å². The molecule has 1 N–H and O–H groups in total. The van der Waals surface area contributed by atoms with E-state index in [0.29, 0.717) is 38.2 Å². The Morgan fingerprint density at radius 1 is 1.19 bits per heavy atom. The van der Waals surface area contributed by atoms with E-state index in [-0.39, 0.29) is 22.4 Å². The topological polar surface area (TPSA) is 84.7 Å². The van der Waals surface area contributed by atoms with Crippen molar-refractivity contribution >= 4 is 23.0 Å². The summed E-state index contributed by atoms with van der Waals surface area (Å²) in [6.07, 6.45) is 1.32. The van der Waals surface area contributed by atoms with Crippen LogP contribution in [0.15, 0.2) is 48.5 Å². The van der Waals surface area contributed by atoms with Crippen molar-refractivity contribution in [3.8, 4) is 5.75 Å². The first-order valence-corrected chi connectivity index (χ1v) is 9.10. The number of carbonyl (C=O) groups is 1. The second kappa shape index (κ2) is 8.53. The van der Waals surface area contributed by atoms with E-state index < -0.39 is 0 Å². The van der Waals surface area contributed by atoms with Crippen LogP contribution in [0.1, 0.15) is 19.8 Å². The molecule has 142 valence electrons. The number of hydrogen-bond acceptors (Lipinski definition) is 5. The van der Waals surface area contributed by atoms with Gasteiger partial charge in [0.1, 0.15) is 11.4 Å². The van der Waals surface area contributed by atoms with E-state index >= 15 is 0 Å². The van der Waals surface area contributed by atoms with Crippen LogP contribution in [0.25, 0.3) is 0 Å². The predicted octanol–water partition coefficient (Wildman–Crippen LogP) is 3.85. The largest absolute Gasteiger partial charge is 0.494 e. The second-order valence-corrected chi connectivity index (χ2v) is 6.45. The Morgan fingerprint density at radius 2 is 1.85 bits per heavy atom. The van der Waals surface area contributed by atoms with Gasteiger partial charge in [0, 0.05) is 30.8 Å². The third-order valence-corrected chi connectivity index (χ3v) is 4.72. The van der Waals surface area contributed by atoms with Crippen molar-refractivity contribution in [2.75, 3.05) is 29.9 Å². The van der Waals surface area contributed by atoms with Crippen molar-refractivity contribution in [3.63, 3.8) is 0 Å². The summed E-state index contributed by atoms with van der Waals surface area (Å²) in [6, 6.07) is 14.0. The van der Waals surface area contributed by atoms with E-state index in [1.807, 2.05) is 36.1 Å². The number of benzene rings is 2. The lowest BCUT2D eigenvalue weighted by Crippen LogP contribution is -2.38. The van der Waals surface area contributed by atoms with Crippen LogP contribution >= 0.6 is 0 Å². The number of nitrogens with one attached hydrogen (secondary N) is 1. The average molecular weight is 369 g/mol. The van der Waals surface area contributed by atoms with E-state index in [0.717, 1.165) is 11.4 Å². The molecule has 7 heteroatoms. The molecule has 2 aromatic rings. The number of hydrogen-bond donors (Lipinski definition) is 1. The van der Waals surface area contributed by atoms with Gasteiger partial charge in [-0.15, -0.1) is 0 Å². The van der Waals surface area contributed by atoms with Crippen LogP contribution in [0.4, 0.5) is 17.1 Å². The molecule has 3 rings (SSSR count). The van der Waals surface area contributed by atoms with Crippen molar-refractivity contribution in [2.24, 2.45) is 5.92 Å². The molecule has 0 unspecified atom stereocenters. The first-order valence-electron chi connectivity index (χ1n) is 9.10. The number of rotatable bonds is 6. The molecule has 1 aliphatic heterocycles. The van der Waals surface area contributed by atoms with Gasteiger partial charge in [-0.1, -0.05) is 12.1 Å². The van der Waals surface area contributed by atoms with E-state index in [1.165, 1.54) is 6.07 Å². The molecule has 1 aliphatic rings. The summed E-state index contributed by atoms with van der Waals surface area (Å²) < 4.78 is 5.40. The third-order valence-electron chi connectivity index (χ3n) is 4.72. The molecule has 0 spiro atoms. The van der Waals surface area contributed by atoms with Gasteiger partial charge in [0.2, 0.25) is 5.91 Å². The highest BCUT2D eigenvalue weighted by atomic mass is 16.6. The summed E-state index contributed by atoms with van der Waals surface area (Å²) in [7, 11) is 0. The van der Waals surface area contributed by atoms with Crippen LogP contribution in [0.2, 0.25) is 0 Å². The summed E-state index contributed by atoms with van der Waals surface area (Å²) in [5.41, 5.74) is 1.47. The number of ether oxygens (including phenoxy) is 1. The van der Waals surface area contributed by atoms with Crippen LogP contribution in [0.5, 0.6) is 5.75 Å². The van der Waals surface area contributed by atoms with Gasteiger partial charge in [-0.3, -0.25) is 14.9 Å². The molecule has 0 saturated carbocycles. The molecule has 1 fully saturated rings. The highest BCUT2D eigenvalue weighted by Crippen LogP contribution is 2.31. The van der Waals surface area contributed by atoms with Crippen LogP contribution in [0, 0.1) is 16.0 Å². The molecule has 1 amide bonds. The number of amides is 1. The maximum atomic E-state index is 12.5. The molecular formula is C20H23N3O4. The van der Waals surface area contributed by atoms with Crippen LogP contribution < -0.4 is 15.0 Å². The lowest BCUT2D eigenvalue weighted by molar-refractivity contribution is -0.384. The highest BCUT2D eigenvalue weighted by molar-refractivity contribution is 5.92.